The summed E-state index contributed by atoms with van der Waals surface area (Å²) in [6, 6.07) is 7.20. The molecule has 0 atom stereocenters. The number of carboxylic acid groups (broad SMARTS) is 1. The van der Waals surface area contributed by atoms with Gasteiger partial charge in [-0.05, 0) is 24.6 Å². The lowest BCUT2D eigenvalue weighted by Crippen LogP contribution is -2.28. The van der Waals surface area contributed by atoms with Gasteiger partial charge in [0.15, 0.2) is 0 Å². The summed E-state index contributed by atoms with van der Waals surface area (Å²) < 4.78 is 0. The van der Waals surface area contributed by atoms with Gasteiger partial charge in [-0.15, -0.1) is 0 Å². The predicted octanol–water partition coefficient (Wildman–Crippen LogP) is 0.987. The quantitative estimate of drug-likeness (QED) is 0.796. The summed E-state index contributed by atoms with van der Waals surface area (Å²) in [4.78, 5) is 23.9. The Morgan fingerprint density at radius 3 is 2.71 bits per heavy atom. The van der Waals surface area contributed by atoms with Crippen LogP contribution in [0.25, 0.3) is 0 Å². The molecular formula is C12H12N2O3. The van der Waals surface area contributed by atoms with Crippen molar-refractivity contribution in [2.45, 2.75) is 13.3 Å². The summed E-state index contributed by atoms with van der Waals surface area (Å²) in [7, 11) is 0. The van der Waals surface area contributed by atoms with Crippen LogP contribution in [-0.2, 0) is 9.59 Å². The van der Waals surface area contributed by atoms with Gasteiger partial charge in [0.2, 0.25) is 5.91 Å². The Kier molecular flexibility index (Phi) is 2.59. The second-order valence-corrected chi connectivity index (χ2v) is 3.91. The molecule has 2 rings (SSSR count). The van der Waals surface area contributed by atoms with Crippen molar-refractivity contribution in [3.8, 4) is 0 Å². The molecule has 0 unspecified atom stereocenters. The third kappa shape index (κ3) is 1.87. The van der Waals surface area contributed by atoms with Crippen molar-refractivity contribution < 1.29 is 14.7 Å². The maximum absolute atomic E-state index is 11.8. The summed E-state index contributed by atoms with van der Waals surface area (Å²) in [5.74, 6) is -1.45. The minimum Gasteiger partial charge on any atom is -0.478 e. The first-order valence-corrected chi connectivity index (χ1v) is 5.12. The third-order valence-corrected chi connectivity index (χ3v) is 2.65. The van der Waals surface area contributed by atoms with E-state index in [0.717, 1.165) is 5.56 Å². The summed E-state index contributed by atoms with van der Waals surface area (Å²) in [6.45, 7) is 1.89. The summed E-state index contributed by atoms with van der Waals surface area (Å²) in [6.07, 6.45) is -0.158. The average Bonchev–Trinajstić information content (AvgIpc) is 2.54. The first kappa shape index (κ1) is 11.2. The lowest BCUT2D eigenvalue weighted by Gasteiger charge is -2.17. The highest BCUT2D eigenvalue weighted by Crippen LogP contribution is 2.27. The topological polar surface area (TPSA) is 83.6 Å². The van der Waals surface area contributed by atoms with Crippen LogP contribution in [0.1, 0.15) is 12.0 Å². The van der Waals surface area contributed by atoms with Crippen LogP contribution in [0.4, 0.5) is 5.69 Å². The maximum Gasteiger partial charge on any atom is 0.335 e. The van der Waals surface area contributed by atoms with E-state index < -0.39 is 5.97 Å². The van der Waals surface area contributed by atoms with Gasteiger partial charge in [0, 0.05) is 0 Å². The smallest absolute Gasteiger partial charge is 0.335 e. The van der Waals surface area contributed by atoms with Crippen LogP contribution < -0.4 is 10.6 Å². The highest BCUT2D eigenvalue weighted by Gasteiger charge is 2.33. The van der Waals surface area contributed by atoms with Crippen molar-refractivity contribution in [3.63, 3.8) is 0 Å². The molecule has 0 bridgehead atoms. The molecule has 1 amide bonds. The Bertz CT molecular complexity index is 534. The molecular weight excluding hydrogens is 220 g/mol. The van der Waals surface area contributed by atoms with E-state index >= 15 is 0 Å². The van der Waals surface area contributed by atoms with Gasteiger partial charge in [-0.1, -0.05) is 12.1 Å². The summed E-state index contributed by atoms with van der Waals surface area (Å²) in [5, 5.41) is 8.90. The second kappa shape index (κ2) is 3.93. The molecule has 1 aromatic rings. The van der Waals surface area contributed by atoms with Gasteiger partial charge in [-0.2, -0.15) is 0 Å². The lowest BCUT2D eigenvalue weighted by molar-refractivity contribution is -0.133. The van der Waals surface area contributed by atoms with E-state index in [1.807, 2.05) is 13.0 Å². The number of carbonyl (C=O) groups excluding carboxylic acids is 1. The molecule has 0 radical (unpaired) electrons. The zero-order valence-electron chi connectivity index (χ0n) is 9.30. The van der Waals surface area contributed by atoms with Crippen molar-refractivity contribution in [1.82, 2.24) is 0 Å². The number of hydrogen-bond acceptors (Lipinski definition) is 3. The zero-order chi connectivity index (χ0) is 12.6. The van der Waals surface area contributed by atoms with Crippen LogP contribution in [-0.4, -0.2) is 17.0 Å². The van der Waals surface area contributed by atoms with Gasteiger partial charge < -0.3 is 10.8 Å². The Labute approximate surface area is 98.1 Å². The molecule has 0 spiro atoms. The normalized spacial score (nSPS) is 15.6. The lowest BCUT2D eigenvalue weighted by atomic mass is 10.2. The third-order valence-electron chi connectivity index (χ3n) is 2.65. The van der Waals surface area contributed by atoms with Crippen LogP contribution in [0.3, 0.4) is 0 Å². The molecule has 0 saturated carbocycles. The first-order chi connectivity index (χ1) is 8.00. The predicted molar refractivity (Wildman–Crippen MR) is 62.1 cm³/mol. The molecule has 88 valence electrons. The molecule has 1 aliphatic rings. The zero-order valence-corrected chi connectivity index (χ0v) is 9.30. The molecule has 5 nitrogen and oxygen atoms in total. The van der Waals surface area contributed by atoms with Crippen molar-refractivity contribution in [3.05, 3.63) is 41.2 Å². The number of nitrogens with zero attached hydrogens (tertiary/aromatic N) is 1. The molecule has 0 aliphatic carbocycles. The Balaban J connectivity index is 2.46. The largest absolute Gasteiger partial charge is 0.478 e. The van der Waals surface area contributed by atoms with E-state index in [1.165, 1.54) is 4.90 Å². The monoisotopic (exact) mass is 232 g/mol. The van der Waals surface area contributed by atoms with Crippen LogP contribution in [0.15, 0.2) is 35.7 Å². The van der Waals surface area contributed by atoms with Gasteiger partial charge in [0.1, 0.15) is 5.82 Å². The maximum atomic E-state index is 11.8. The molecule has 0 saturated heterocycles. The van der Waals surface area contributed by atoms with E-state index in [9.17, 15) is 9.59 Å². The minimum absolute atomic E-state index is 0.00750. The molecule has 0 aromatic heterocycles. The number of amides is 1. The Hall–Kier alpha value is -2.30. The van der Waals surface area contributed by atoms with Crippen molar-refractivity contribution in [2.24, 2.45) is 5.73 Å². The molecule has 17 heavy (non-hydrogen) atoms. The fourth-order valence-electron chi connectivity index (χ4n) is 1.83. The van der Waals surface area contributed by atoms with Gasteiger partial charge in [-0.25, -0.2) is 4.79 Å². The number of benzene rings is 1. The minimum atomic E-state index is -1.15. The van der Waals surface area contributed by atoms with Crippen molar-refractivity contribution in [2.75, 3.05) is 4.90 Å². The van der Waals surface area contributed by atoms with Crippen molar-refractivity contribution >= 4 is 17.6 Å². The number of anilines is 1. The SMILES string of the molecule is Cc1cccc(N2C(=O)CC(C(=O)O)=C2N)c1. The number of aryl methyl sites for hydroxylation is 1. The number of hydrogen-bond donors (Lipinski definition) is 2. The van der Waals surface area contributed by atoms with Crippen LogP contribution >= 0.6 is 0 Å². The van der Waals surface area contributed by atoms with Crippen molar-refractivity contribution in [1.29, 1.82) is 0 Å². The first-order valence-electron chi connectivity index (χ1n) is 5.12. The molecule has 1 heterocycles. The molecule has 0 fully saturated rings. The highest BCUT2D eigenvalue weighted by molar-refractivity contribution is 6.08. The number of carboxylic acids is 1. The van der Waals surface area contributed by atoms with Crippen LogP contribution in [0.5, 0.6) is 0 Å². The summed E-state index contributed by atoms with van der Waals surface area (Å²) in [5.41, 5.74) is 7.23. The van der Waals surface area contributed by atoms with E-state index in [1.54, 1.807) is 18.2 Å². The van der Waals surface area contributed by atoms with E-state index in [4.69, 9.17) is 10.8 Å². The van der Waals surface area contributed by atoms with Crippen LogP contribution in [0, 0.1) is 6.92 Å². The number of nitrogens with two attached hydrogens (primary N) is 1. The second-order valence-electron chi connectivity index (χ2n) is 3.91. The van der Waals surface area contributed by atoms with Gasteiger partial charge in [0.05, 0.1) is 17.7 Å². The molecule has 3 N–H and O–H groups in total. The fourth-order valence-corrected chi connectivity index (χ4v) is 1.83. The molecule has 5 heteroatoms. The molecule has 1 aromatic carbocycles. The van der Waals surface area contributed by atoms with E-state index in [0.29, 0.717) is 5.69 Å². The number of rotatable bonds is 2. The van der Waals surface area contributed by atoms with Gasteiger partial charge in [0.25, 0.3) is 0 Å². The average molecular weight is 232 g/mol. The highest BCUT2D eigenvalue weighted by atomic mass is 16.4. The standard InChI is InChI=1S/C12H12N2O3/c1-7-3-2-4-8(5-7)14-10(15)6-9(11(14)13)12(16)17/h2-5H,6,13H2,1H3,(H,16,17). The number of aliphatic carboxylic acids is 1. The Morgan fingerprint density at radius 1 is 1.47 bits per heavy atom. The van der Waals surface area contributed by atoms with E-state index in [2.05, 4.69) is 0 Å². The molecule has 1 aliphatic heterocycles. The Morgan fingerprint density at radius 2 is 2.18 bits per heavy atom. The van der Waals surface area contributed by atoms with Gasteiger partial charge >= 0.3 is 5.97 Å². The van der Waals surface area contributed by atoms with Crippen LogP contribution in [0.2, 0.25) is 0 Å². The fraction of sp³-hybridized carbons (Fsp3) is 0.167. The number of carbonyl (C=O) groups is 2. The summed E-state index contributed by atoms with van der Waals surface area (Å²) >= 11 is 0. The van der Waals surface area contributed by atoms with Gasteiger partial charge in [-0.3, -0.25) is 9.69 Å². The van der Waals surface area contributed by atoms with E-state index in [-0.39, 0.29) is 23.7 Å².